The molecule has 19 heavy (non-hydrogen) atoms. The topological polar surface area (TPSA) is 29.5 Å². The molecule has 0 aromatic heterocycles. The SMILES string of the molecule is OBOc1ccc2c(c1)-c1cccc3cccc-2c13. The minimum atomic E-state index is -0.296. The fourth-order valence-corrected chi connectivity index (χ4v) is 2.94. The lowest BCUT2D eigenvalue weighted by atomic mass is 10.0. The zero-order valence-corrected chi connectivity index (χ0v) is 10.3. The van der Waals surface area contributed by atoms with Crippen LogP contribution in [0.1, 0.15) is 0 Å². The van der Waals surface area contributed by atoms with Crippen LogP contribution in [0, 0.1) is 0 Å². The highest BCUT2D eigenvalue weighted by Gasteiger charge is 2.20. The molecule has 0 saturated heterocycles. The third-order valence-corrected chi connectivity index (χ3v) is 3.71. The third-order valence-electron chi connectivity index (χ3n) is 3.71. The van der Waals surface area contributed by atoms with Crippen molar-refractivity contribution in [2.45, 2.75) is 0 Å². The maximum Gasteiger partial charge on any atom is 0.504 e. The number of hydrogen-bond donors (Lipinski definition) is 1. The molecule has 0 atom stereocenters. The van der Waals surface area contributed by atoms with E-state index in [0.717, 1.165) is 0 Å². The van der Waals surface area contributed by atoms with E-state index >= 15 is 0 Å². The van der Waals surface area contributed by atoms with Crippen LogP contribution < -0.4 is 4.65 Å². The number of fused-ring (bicyclic) bond motifs is 3. The normalized spacial score (nSPS) is 11.4. The summed E-state index contributed by atoms with van der Waals surface area (Å²) in [4.78, 5) is 0. The Labute approximate surface area is 111 Å². The van der Waals surface area contributed by atoms with Crippen molar-refractivity contribution in [1.82, 2.24) is 0 Å². The summed E-state index contributed by atoms with van der Waals surface area (Å²) in [6, 6.07) is 18.7. The van der Waals surface area contributed by atoms with Crippen molar-refractivity contribution >= 4 is 18.5 Å². The van der Waals surface area contributed by atoms with Gasteiger partial charge in [-0.15, -0.1) is 0 Å². The molecule has 0 aliphatic heterocycles. The first-order chi connectivity index (χ1) is 9.38. The first-order valence-corrected chi connectivity index (χ1v) is 6.29. The molecule has 90 valence electrons. The number of benzene rings is 3. The average Bonchev–Trinajstić information content (AvgIpc) is 2.77. The van der Waals surface area contributed by atoms with Gasteiger partial charge in [-0.05, 0) is 45.2 Å². The van der Waals surface area contributed by atoms with Crippen molar-refractivity contribution in [3.63, 3.8) is 0 Å². The van der Waals surface area contributed by atoms with Gasteiger partial charge in [-0.2, -0.15) is 0 Å². The van der Waals surface area contributed by atoms with Crippen LogP contribution in [0.3, 0.4) is 0 Å². The van der Waals surface area contributed by atoms with Gasteiger partial charge in [-0.1, -0.05) is 42.5 Å². The maximum absolute atomic E-state index is 8.87. The fraction of sp³-hybridized carbons (Fsp3) is 0. The van der Waals surface area contributed by atoms with E-state index in [4.69, 9.17) is 9.68 Å². The zero-order valence-electron chi connectivity index (χ0n) is 10.3. The Morgan fingerprint density at radius 1 is 0.789 bits per heavy atom. The molecule has 2 nitrogen and oxygen atoms in total. The van der Waals surface area contributed by atoms with Crippen LogP contribution >= 0.6 is 0 Å². The van der Waals surface area contributed by atoms with E-state index in [1.54, 1.807) is 0 Å². The predicted octanol–water partition coefficient (Wildman–Crippen LogP) is 3.12. The molecule has 0 radical (unpaired) electrons. The Morgan fingerprint density at radius 3 is 2.26 bits per heavy atom. The Bertz CT molecular complexity index is 791. The highest BCUT2D eigenvalue weighted by atomic mass is 16.5. The molecule has 0 unspecified atom stereocenters. The standard InChI is InChI=1S/C16H11BO2/c18-17-19-11-7-8-12-13-5-1-3-10-4-2-6-14(16(10)13)15(12)9-11/h1-9,17-18H. The number of rotatable bonds is 2. The van der Waals surface area contributed by atoms with Gasteiger partial charge in [0.15, 0.2) is 0 Å². The molecule has 0 spiro atoms. The predicted molar refractivity (Wildman–Crippen MR) is 78.4 cm³/mol. The minimum absolute atomic E-state index is 0.296. The van der Waals surface area contributed by atoms with Crippen molar-refractivity contribution in [2.75, 3.05) is 0 Å². The van der Waals surface area contributed by atoms with Crippen LogP contribution in [-0.2, 0) is 0 Å². The first kappa shape index (κ1) is 10.6. The van der Waals surface area contributed by atoms with Gasteiger partial charge >= 0.3 is 7.69 Å². The second-order valence-electron chi connectivity index (χ2n) is 4.69. The van der Waals surface area contributed by atoms with Gasteiger partial charge in [0.05, 0.1) is 0 Å². The lowest BCUT2D eigenvalue weighted by Gasteiger charge is -2.06. The lowest BCUT2D eigenvalue weighted by molar-refractivity contribution is 0.454. The van der Waals surface area contributed by atoms with E-state index in [1.807, 2.05) is 12.1 Å². The van der Waals surface area contributed by atoms with Crippen LogP contribution in [0.5, 0.6) is 5.75 Å². The molecular formula is C16H11BO2. The molecule has 0 saturated carbocycles. The fourth-order valence-electron chi connectivity index (χ4n) is 2.94. The summed E-state index contributed by atoms with van der Waals surface area (Å²) >= 11 is 0. The maximum atomic E-state index is 8.87. The first-order valence-electron chi connectivity index (χ1n) is 6.29. The van der Waals surface area contributed by atoms with Gasteiger partial charge in [-0.25, -0.2) is 0 Å². The van der Waals surface area contributed by atoms with Crippen molar-refractivity contribution in [2.24, 2.45) is 0 Å². The van der Waals surface area contributed by atoms with Gasteiger partial charge in [-0.3, -0.25) is 0 Å². The van der Waals surface area contributed by atoms with Crippen LogP contribution in [0.15, 0.2) is 54.6 Å². The molecule has 1 aliphatic rings. The van der Waals surface area contributed by atoms with E-state index in [2.05, 4.69) is 42.5 Å². The molecule has 3 aromatic rings. The van der Waals surface area contributed by atoms with E-state index in [9.17, 15) is 0 Å². The summed E-state index contributed by atoms with van der Waals surface area (Å²) in [6.45, 7) is 0. The summed E-state index contributed by atoms with van der Waals surface area (Å²) < 4.78 is 5.18. The Hall–Kier alpha value is -2.26. The van der Waals surface area contributed by atoms with Crippen LogP contribution in [-0.4, -0.2) is 12.7 Å². The summed E-state index contributed by atoms with van der Waals surface area (Å²) in [5, 5.41) is 11.4. The summed E-state index contributed by atoms with van der Waals surface area (Å²) in [5.74, 6) is 0.700. The lowest BCUT2D eigenvalue weighted by Crippen LogP contribution is -1.99. The molecule has 4 rings (SSSR count). The highest BCUT2D eigenvalue weighted by Crippen LogP contribution is 2.47. The van der Waals surface area contributed by atoms with Gasteiger partial charge in [0.1, 0.15) is 5.75 Å². The van der Waals surface area contributed by atoms with Gasteiger partial charge < -0.3 is 9.68 Å². The van der Waals surface area contributed by atoms with Crippen molar-refractivity contribution in [3.8, 4) is 28.0 Å². The molecule has 0 amide bonds. The van der Waals surface area contributed by atoms with E-state index in [-0.39, 0.29) is 7.69 Å². The van der Waals surface area contributed by atoms with Crippen molar-refractivity contribution in [3.05, 3.63) is 54.6 Å². The van der Waals surface area contributed by atoms with Gasteiger partial charge in [0.25, 0.3) is 0 Å². The van der Waals surface area contributed by atoms with E-state index in [0.29, 0.717) is 5.75 Å². The molecule has 1 aliphatic carbocycles. The van der Waals surface area contributed by atoms with Crippen LogP contribution in [0.25, 0.3) is 33.0 Å². The van der Waals surface area contributed by atoms with Crippen LogP contribution in [0.4, 0.5) is 0 Å². The van der Waals surface area contributed by atoms with Crippen molar-refractivity contribution in [1.29, 1.82) is 0 Å². The van der Waals surface area contributed by atoms with E-state index < -0.39 is 0 Å². The Balaban J connectivity index is 2.06. The summed E-state index contributed by atoms with van der Waals surface area (Å²) in [7, 11) is -0.296. The minimum Gasteiger partial charge on any atom is -0.539 e. The second kappa shape index (κ2) is 3.87. The van der Waals surface area contributed by atoms with E-state index in [1.165, 1.54) is 33.0 Å². The summed E-state index contributed by atoms with van der Waals surface area (Å²) in [6.07, 6.45) is 0. The zero-order chi connectivity index (χ0) is 12.8. The van der Waals surface area contributed by atoms with Gasteiger partial charge in [0.2, 0.25) is 0 Å². The smallest absolute Gasteiger partial charge is 0.504 e. The number of hydrogen-bond acceptors (Lipinski definition) is 2. The largest absolute Gasteiger partial charge is 0.539 e. The second-order valence-corrected chi connectivity index (χ2v) is 4.69. The third kappa shape index (κ3) is 1.42. The molecule has 3 aromatic carbocycles. The molecular weight excluding hydrogens is 235 g/mol. The summed E-state index contributed by atoms with van der Waals surface area (Å²) in [5.41, 5.74) is 4.93. The average molecular weight is 246 g/mol. The molecule has 1 N–H and O–H groups in total. The molecule has 3 heteroatoms. The van der Waals surface area contributed by atoms with Crippen LogP contribution in [0.2, 0.25) is 0 Å². The van der Waals surface area contributed by atoms with Gasteiger partial charge in [0, 0.05) is 0 Å². The molecule has 0 heterocycles. The quantitative estimate of drug-likeness (QED) is 0.550. The molecule has 0 fully saturated rings. The van der Waals surface area contributed by atoms with Crippen molar-refractivity contribution < 1.29 is 9.68 Å². The monoisotopic (exact) mass is 246 g/mol. The molecule has 0 bridgehead atoms. The Kier molecular flexibility index (Phi) is 2.17. The highest BCUT2D eigenvalue weighted by molar-refractivity contribution is 6.18. The Morgan fingerprint density at radius 2 is 1.53 bits per heavy atom.